The van der Waals surface area contributed by atoms with Gasteiger partial charge in [-0.15, -0.1) is 5.10 Å². The Balaban J connectivity index is 2.14. The van der Waals surface area contributed by atoms with Gasteiger partial charge in [0.15, 0.2) is 0 Å². The summed E-state index contributed by atoms with van der Waals surface area (Å²) >= 11 is 0. The molecule has 0 aliphatic carbocycles. The summed E-state index contributed by atoms with van der Waals surface area (Å²) in [5.74, 6) is 0.437. The van der Waals surface area contributed by atoms with Crippen LogP contribution in [0.2, 0.25) is 0 Å². The Kier molecular flexibility index (Phi) is 6.41. The summed E-state index contributed by atoms with van der Waals surface area (Å²) in [6.07, 6.45) is 0. The van der Waals surface area contributed by atoms with E-state index in [2.05, 4.69) is 31.1 Å². The number of benzene rings is 1. The van der Waals surface area contributed by atoms with Gasteiger partial charge in [-0.3, -0.25) is 9.48 Å². The van der Waals surface area contributed by atoms with Crippen LogP contribution in [0.4, 0.5) is 0 Å². The molecule has 24 heavy (non-hydrogen) atoms. The molecule has 0 N–H and O–H groups in total. The van der Waals surface area contributed by atoms with Crippen molar-refractivity contribution in [3.05, 3.63) is 36.4 Å². The van der Waals surface area contributed by atoms with E-state index in [1.165, 1.54) is 0 Å². The number of aromatic nitrogens is 2. The molecule has 2 rings (SSSR count). The zero-order valence-electron chi connectivity index (χ0n) is 14.9. The van der Waals surface area contributed by atoms with Crippen molar-refractivity contribution in [1.29, 1.82) is 0 Å². The Labute approximate surface area is 143 Å². The van der Waals surface area contributed by atoms with Gasteiger partial charge < -0.3 is 9.47 Å². The minimum atomic E-state index is -0.319. The molecule has 130 valence electrons. The monoisotopic (exact) mass is 330 g/mol. The summed E-state index contributed by atoms with van der Waals surface area (Å²) in [5.41, 5.74) is 2.11. The SMILES string of the molecule is CCOC(=O)C(C)COc1cc(-c2ccccc2)n(CC(C)C)n1. The van der Waals surface area contributed by atoms with Gasteiger partial charge in [-0.25, -0.2) is 0 Å². The second-order valence-electron chi connectivity index (χ2n) is 6.27. The zero-order chi connectivity index (χ0) is 17.5. The molecule has 0 radical (unpaired) electrons. The van der Waals surface area contributed by atoms with Gasteiger partial charge in [0.1, 0.15) is 6.61 Å². The van der Waals surface area contributed by atoms with Crippen molar-refractivity contribution in [2.75, 3.05) is 13.2 Å². The van der Waals surface area contributed by atoms with Crippen molar-refractivity contribution < 1.29 is 14.3 Å². The second-order valence-corrected chi connectivity index (χ2v) is 6.27. The largest absolute Gasteiger partial charge is 0.476 e. The van der Waals surface area contributed by atoms with E-state index in [-0.39, 0.29) is 18.5 Å². The lowest BCUT2D eigenvalue weighted by Crippen LogP contribution is -2.21. The first kappa shape index (κ1) is 18.0. The Morgan fingerprint density at radius 1 is 1.21 bits per heavy atom. The number of ether oxygens (including phenoxy) is 2. The van der Waals surface area contributed by atoms with Crippen molar-refractivity contribution >= 4 is 5.97 Å². The Bertz CT molecular complexity index is 650. The third-order valence-electron chi connectivity index (χ3n) is 3.54. The van der Waals surface area contributed by atoms with Crippen LogP contribution in [0.1, 0.15) is 27.7 Å². The van der Waals surface area contributed by atoms with Crippen molar-refractivity contribution in [3.8, 4) is 17.1 Å². The minimum absolute atomic E-state index is 0.248. The molecule has 0 saturated heterocycles. The molecule has 5 nitrogen and oxygen atoms in total. The fourth-order valence-electron chi connectivity index (χ4n) is 2.35. The molecule has 1 atom stereocenters. The highest BCUT2D eigenvalue weighted by Crippen LogP contribution is 2.25. The van der Waals surface area contributed by atoms with E-state index < -0.39 is 0 Å². The zero-order valence-corrected chi connectivity index (χ0v) is 14.9. The molecule has 0 amide bonds. The smallest absolute Gasteiger partial charge is 0.312 e. The minimum Gasteiger partial charge on any atom is -0.476 e. The van der Waals surface area contributed by atoms with Crippen LogP contribution in [-0.4, -0.2) is 29.0 Å². The number of hydrogen-bond donors (Lipinski definition) is 0. The summed E-state index contributed by atoms with van der Waals surface area (Å²) < 4.78 is 12.7. The molecule has 1 aromatic heterocycles. The van der Waals surface area contributed by atoms with Crippen molar-refractivity contribution in [3.63, 3.8) is 0 Å². The molecule has 1 unspecified atom stereocenters. The molecular weight excluding hydrogens is 304 g/mol. The fourth-order valence-corrected chi connectivity index (χ4v) is 2.35. The molecular formula is C19H26N2O3. The maximum absolute atomic E-state index is 11.7. The maximum atomic E-state index is 11.7. The first-order valence-corrected chi connectivity index (χ1v) is 8.44. The van der Waals surface area contributed by atoms with Crippen LogP contribution in [0.3, 0.4) is 0 Å². The van der Waals surface area contributed by atoms with Crippen LogP contribution < -0.4 is 4.74 Å². The molecule has 1 heterocycles. The summed E-state index contributed by atoms with van der Waals surface area (Å²) in [7, 11) is 0. The molecule has 0 saturated carbocycles. The number of esters is 1. The standard InChI is InChI=1S/C19H26N2O3/c1-5-23-19(22)15(4)13-24-18-11-17(16-9-7-6-8-10-16)21(20-18)12-14(2)3/h6-11,14-15H,5,12-13H2,1-4H3. The Morgan fingerprint density at radius 3 is 2.54 bits per heavy atom. The first-order valence-electron chi connectivity index (χ1n) is 8.44. The number of hydrogen-bond acceptors (Lipinski definition) is 4. The lowest BCUT2D eigenvalue weighted by molar-refractivity contribution is -0.148. The summed E-state index contributed by atoms with van der Waals surface area (Å²) in [5, 5.41) is 4.55. The summed E-state index contributed by atoms with van der Waals surface area (Å²) in [4.78, 5) is 11.7. The Hall–Kier alpha value is -2.30. The maximum Gasteiger partial charge on any atom is 0.312 e. The van der Waals surface area contributed by atoms with Gasteiger partial charge in [-0.2, -0.15) is 0 Å². The molecule has 2 aromatic rings. The van der Waals surface area contributed by atoms with Gasteiger partial charge in [-0.1, -0.05) is 44.2 Å². The molecule has 0 fully saturated rings. The number of rotatable bonds is 8. The number of carbonyl (C=O) groups is 1. The normalized spacial score (nSPS) is 12.2. The molecule has 0 bridgehead atoms. The van der Waals surface area contributed by atoms with E-state index >= 15 is 0 Å². The predicted octanol–water partition coefficient (Wildman–Crippen LogP) is 3.78. The molecule has 0 aliphatic rings. The highest BCUT2D eigenvalue weighted by atomic mass is 16.5. The number of carbonyl (C=O) groups excluding carboxylic acids is 1. The lowest BCUT2D eigenvalue weighted by atomic mass is 10.1. The van der Waals surface area contributed by atoms with Crippen LogP contribution >= 0.6 is 0 Å². The highest BCUT2D eigenvalue weighted by molar-refractivity contribution is 5.72. The van der Waals surface area contributed by atoms with Gasteiger partial charge in [-0.05, 0) is 25.3 Å². The topological polar surface area (TPSA) is 53.4 Å². The van der Waals surface area contributed by atoms with Gasteiger partial charge in [0.25, 0.3) is 0 Å². The average molecular weight is 330 g/mol. The molecule has 0 spiro atoms. The quantitative estimate of drug-likeness (QED) is 0.691. The third-order valence-corrected chi connectivity index (χ3v) is 3.54. The van der Waals surface area contributed by atoms with Crippen molar-refractivity contribution in [2.45, 2.75) is 34.2 Å². The fraction of sp³-hybridized carbons (Fsp3) is 0.474. The van der Waals surface area contributed by atoms with E-state index in [4.69, 9.17) is 9.47 Å². The average Bonchev–Trinajstić information content (AvgIpc) is 2.95. The van der Waals surface area contributed by atoms with Gasteiger partial charge in [0.05, 0.1) is 18.2 Å². The Morgan fingerprint density at radius 2 is 1.92 bits per heavy atom. The second kappa shape index (κ2) is 8.52. The van der Waals surface area contributed by atoms with E-state index in [0.717, 1.165) is 17.8 Å². The van der Waals surface area contributed by atoms with Gasteiger partial charge in [0, 0.05) is 12.6 Å². The third kappa shape index (κ3) is 4.85. The molecule has 1 aromatic carbocycles. The first-order chi connectivity index (χ1) is 11.5. The van der Waals surface area contributed by atoms with E-state index in [1.54, 1.807) is 13.8 Å². The van der Waals surface area contributed by atoms with Crippen LogP contribution in [-0.2, 0) is 16.1 Å². The predicted molar refractivity (Wildman–Crippen MR) is 93.8 cm³/mol. The summed E-state index contributed by atoms with van der Waals surface area (Å²) in [6, 6.07) is 12.0. The van der Waals surface area contributed by atoms with Crippen LogP contribution in [0.25, 0.3) is 11.3 Å². The van der Waals surface area contributed by atoms with Crippen molar-refractivity contribution in [1.82, 2.24) is 9.78 Å². The van der Waals surface area contributed by atoms with Crippen LogP contribution in [0, 0.1) is 11.8 Å². The molecule has 0 aliphatic heterocycles. The lowest BCUT2D eigenvalue weighted by Gasteiger charge is -2.10. The van der Waals surface area contributed by atoms with E-state index in [1.807, 2.05) is 28.9 Å². The van der Waals surface area contributed by atoms with E-state index in [9.17, 15) is 4.79 Å². The highest BCUT2D eigenvalue weighted by Gasteiger charge is 2.17. The van der Waals surface area contributed by atoms with Gasteiger partial charge >= 0.3 is 5.97 Å². The van der Waals surface area contributed by atoms with Crippen LogP contribution in [0.5, 0.6) is 5.88 Å². The van der Waals surface area contributed by atoms with E-state index in [0.29, 0.717) is 18.4 Å². The molecule has 5 heteroatoms. The van der Waals surface area contributed by atoms with Crippen molar-refractivity contribution in [2.24, 2.45) is 11.8 Å². The van der Waals surface area contributed by atoms with Crippen LogP contribution in [0.15, 0.2) is 36.4 Å². The number of nitrogens with zero attached hydrogens (tertiary/aromatic N) is 2. The van der Waals surface area contributed by atoms with Gasteiger partial charge in [0.2, 0.25) is 5.88 Å². The summed E-state index contributed by atoms with van der Waals surface area (Å²) in [6.45, 7) is 9.34.